The first-order valence-corrected chi connectivity index (χ1v) is 10.4. The van der Waals surface area contributed by atoms with Crippen molar-refractivity contribution < 1.29 is 14.6 Å². The Morgan fingerprint density at radius 1 is 0.885 bits per heavy atom. The highest BCUT2D eigenvalue weighted by molar-refractivity contribution is 5.77. The average Bonchev–Trinajstić information content (AvgIpc) is 2.62. The van der Waals surface area contributed by atoms with Gasteiger partial charge in [-0.3, -0.25) is 4.79 Å². The Labute approximate surface area is 160 Å². The summed E-state index contributed by atoms with van der Waals surface area (Å²) in [5.41, 5.74) is 2.35. The molecule has 0 aromatic heterocycles. The van der Waals surface area contributed by atoms with E-state index in [1.54, 1.807) is 0 Å². The van der Waals surface area contributed by atoms with Crippen molar-refractivity contribution >= 4 is 5.97 Å². The Hall–Kier alpha value is -1.35. The van der Waals surface area contributed by atoms with Crippen molar-refractivity contribution in [3.05, 3.63) is 35.4 Å². The molecule has 3 heteroatoms. The molecule has 3 nitrogen and oxygen atoms in total. The summed E-state index contributed by atoms with van der Waals surface area (Å²) >= 11 is 0. The SMILES string of the molecule is CC(C)Cc1ccc([C@H](C)C(=O)OCCCCCCCCCCO)cc1. The summed E-state index contributed by atoms with van der Waals surface area (Å²) in [4.78, 5) is 12.2. The summed E-state index contributed by atoms with van der Waals surface area (Å²) in [5.74, 6) is 0.323. The maximum Gasteiger partial charge on any atom is 0.313 e. The van der Waals surface area contributed by atoms with E-state index in [9.17, 15) is 4.79 Å². The maximum atomic E-state index is 12.2. The third-order valence-electron chi connectivity index (χ3n) is 4.77. The number of carbonyl (C=O) groups is 1. The van der Waals surface area contributed by atoms with Crippen molar-refractivity contribution in [2.75, 3.05) is 13.2 Å². The molecule has 1 N–H and O–H groups in total. The Bertz CT molecular complexity index is 479. The van der Waals surface area contributed by atoms with Crippen molar-refractivity contribution in [1.29, 1.82) is 0 Å². The fourth-order valence-electron chi connectivity index (χ4n) is 3.12. The standard InChI is InChI=1S/C23H38O3/c1-19(2)18-21-12-14-22(15-13-21)20(3)23(25)26-17-11-9-7-5-4-6-8-10-16-24/h12-15,19-20,24H,4-11,16-18H2,1-3H3/t20-/m0/s1. The number of aliphatic hydroxyl groups is 1. The predicted molar refractivity (Wildman–Crippen MR) is 108 cm³/mol. The van der Waals surface area contributed by atoms with Gasteiger partial charge in [0.15, 0.2) is 0 Å². The second-order valence-corrected chi connectivity index (χ2v) is 7.78. The first kappa shape index (κ1) is 22.7. The van der Waals surface area contributed by atoms with Crippen LogP contribution in [0.15, 0.2) is 24.3 Å². The minimum Gasteiger partial charge on any atom is -0.465 e. The van der Waals surface area contributed by atoms with Crippen LogP contribution in [0, 0.1) is 5.92 Å². The maximum absolute atomic E-state index is 12.2. The Balaban J connectivity index is 2.14. The van der Waals surface area contributed by atoms with Crippen molar-refractivity contribution in [3.8, 4) is 0 Å². The number of benzene rings is 1. The number of unbranched alkanes of at least 4 members (excludes halogenated alkanes) is 7. The van der Waals surface area contributed by atoms with Crippen LogP contribution < -0.4 is 0 Å². The summed E-state index contributed by atoms with van der Waals surface area (Å²) < 4.78 is 5.45. The molecule has 0 amide bonds. The second kappa shape index (κ2) is 13.8. The molecular formula is C23H38O3. The lowest BCUT2D eigenvalue weighted by Crippen LogP contribution is -2.14. The number of hydrogen-bond donors (Lipinski definition) is 1. The molecule has 1 atom stereocenters. The van der Waals surface area contributed by atoms with E-state index in [1.807, 2.05) is 6.92 Å². The van der Waals surface area contributed by atoms with Gasteiger partial charge >= 0.3 is 5.97 Å². The summed E-state index contributed by atoms with van der Waals surface area (Å²) in [5, 5.41) is 8.72. The summed E-state index contributed by atoms with van der Waals surface area (Å²) in [6.07, 6.45) is 10.1. The zero-order chi connectivity index (χ0) is 19.2. The normalized spacial score (nSPS) is 12.3. The van der Waals surface area contributed by atoms with Gasteiger partial charge in [0.05, 0.1) is 12.5 Å². The molecule has 0 fully saturated rings. The van der Waals surface area contributed by atoms with Crippen LogP contribution >= 0.6 is 0 Å². The Morgan fingerprint density at radius 2 is 1.42 bits per heavy atom. The molecule has 1 rings (SSSR count). The van der Waals surface area contributed by atoms with Crippen molar-refractivity contribution in [2.24, 2.45) is 5.92 Å². The predicted octanol–water partition coefficient (Wildman–Crippen LogP) is 5.64. The summed E-state index contributed by atoms with van der Waals surface area (Å²) in [6.45, 7) is 7.19. The largest absolute Gasteiger partial charge is 0.465 e. The quantitative estimate of drug-likeness (QED) is 0.344. The van der Waals surface area contributed by atoms with E-state index >= 15 is 0 Å². The van der Waals surface area contributed by atoms with Crippen molar-refractivity contribution in [3.63, 3.8) is 0 Å². The highest BCUT2D eigenvalue weighted by atomic mass is 16.5. The molecule has 0 saturated carbocycles. The molecule has 0 bridgehead atoms. The van der Waals surface area contributed by atoms with Gasteiger partial charge in [-0.15, -0.1) is 0 Å². The average molecular weight is 363 g/mol. The molecule has 0 aliphatic heterocycles. The van der Waals surface area contributed by atoms with Crippen LogP contribution in [0.2, 0.25) is 0 Å². The van der Waals surface area contributed by atoms with E-state index in [-0.39, 0.29) is 11.9 Å². The van der Waals surface area contributed by atoms with Crippen LogP contribution in [-0.2, 0) is 16.0 Å². The number of hydrogen-bond acceptors (Lipinski definition) is 3. The van der Waals surface area contributed by atoms with Gasteiger partial charge in [-0.05, 0) is 43.2 Å². The van der Waals surface area contributed by atoms with Gasteiger partial charge in [-0.25, -0.2) is 0 Å². The molecule has 0 saturated heterocycles. The molecule has 26 heavy (non-hydrogen) atoms. The van der Waals surface area contributed by atoms with E-state index in [4.69, 9.17) is 9.84 Å². The lowest BCUT2D eigenvalue weighted by atomic mass is 9.97. The van der Waals surface area contributed by atoms with Crippen LogP contribution in [0.3, 0.4) is 0 Å². The van der Waals surface area contributed by atoms with Crippen LogP contribution in [0.1, 0.15) is 89.2 Å². The molecule has 1 aromatic rings. The minimum atomic E-state index is -0.199. The number of esters is 1. The Morgan fingerprint density at radius 3 is 1.96 bits per heavy atom. The number of carbonyl (C=O) groups excluding carboxylic acids is 1. The first-order chi connectivity index (χ1) is 12.5. The van der Waals surface area contributed by atoms with Crippen LogP contribution in [-0.4, -0.2) is 24.3 Å². The first-order valence-electron chi connectivity index (χ1n) is 10.4. The summed E-state index contributed by atoms with van der Waals surface area (Å²) in [6, 6.07) is 8.36. The third-order valence-corrected chi connectivity index (χ3v) is 4.77. The smallest absolute Gasteiger partial charge is 0.313 e. The van der Waals surface area contributed by atoms with E-state index in [1.165, 1.54) is 31.2 Å². The van der Waals surface area contributed by atoms with Crippen molar-refractivity contribution in [2.45, 2.75) is 84.5 Å². The van der Waals surface area contributed by atoms with E-state index in [2.05, 4.69) is 38.1 Å². The molecule has 0 heterocycles. The molecule has 0 spiro atoms. The fraction of sp³-hybridized carbons (Fsp3) is 0.696. The van der Waals surface area contributed by atoms with Crippen LogP contribution in [0.5, 0.6) is 0 Å². The molecule has 0 radical (unpaired) electrons. The lowest BCUT2D eigenvalue weighted by molar-refractivity contribution is -0.145. The van der Waals surface area contributed by atoms with E-state index in [0.717, 1.165) is 37.7 Å². The van der Waals surface area contributed by atoms with Gasteiger partial charge in [0.1, 0.15) is 0 Å². The topological polar surface area (TPSA) is 46.5 Å². The zero-order valence-corrected chi connectivity index (χ0v) is 17.0. The van der Waals surface area contributed by atoms with Gasteiger partial charge < -0.3 is 9.84 Å². The highest BCUT2D eigenvalue weighted by Gasteiger charge is 2.16. The van der Waals surface area contributed by atoms with Gasteiger partial charge in [0.25, 0.3) is 0 Å². The highest BCUT2D eigenvalue weighted by Crippen LogP contribution is 2.19. The number of rotatable bonds is 14. The fourth-order valence-corrected chi connectivity index (χ4v) is 3.12. The minimum absolute atomic E-state index is 0.120. The monoisotopic (exact) mass is 362 g/mol. The van der Waals surface area contributed by atoms with Crippen LogP contribution in [0.4, 0.5) is 0 Å². The van der Waals surface area contributed by atoms with Gasteiger partial charge in [-0.2, -0.15) is 0 Å². The molecule has 0 unspecified atom stereocenters. The third kappa shape index (κ3) is 9.96. The molecular weight excluding hydrogens is 324 g/mol. The van der Waals surface area contributed by atoms with Crippen molar-refractivity contribution in [1.82, 2.24) is 0 Å². The van der Waals surface area contributed by atoms with Gasteiger partial charge in [0, 0.05) is 6.61 Å². The van der Waals surface area contributed by atoms with Gasteiger partial charge in [0.2, 0.25) is 0 Å². The van der Waals surface area contributed by atoms with E-state index < -0.39 is 0 Å². The Kier molecular flexibility index (Phi) is 12.0. The number of aliphatic hydroxyl groups excluding tert-OH is 1. The molecule has 0 aliphatic rings. The molecule has 148 valence electrons. The number of ether oxygens (including phenoxy) is 1. The second-order valence-electron chi connectivity index (χ2n) is 7.78. The lowest BCUT2D eigenvalue weighted by Gasteiger charge is -2.13. The summed E-state index contributed by atoms with van der Waals surface area (Å²) in [7, 11) is 0. The zero-order valence-electron chi connectivity index (χ0n) is 17.0. The molecule has 1 aromatic carbocycles. The van der Waals surface area contributed by atoms with E-state index in [0.29, 0.717) is 19.1 Å². The van der Waals surface area contributed by atoms with Crippen LogP contribution in [0.25, 0.3) is 0 Å². The molecule has 0 aliphatic carbocycles. The van der Waals surface area contributed by atoms with Gasteiger partial charge in [-0.1, -0.05) is 76.6 Å².